The second-order valence-corrected chi connectivity index (χ2v) is 5.84. The molecule has 0 radical (unpaired) electrons. The molecule has 0 amide bonds. The molecule has 1 N–H and O–H groups in total. The van der Waals surface area contributed by atoms with Crippen molar-refractivity contribution in [3.05, 3.63) is 23.8 Å². The predicted octanol–water partition coefficient (Wildman–Crippen LogP) is 3.36. The van der Waals surface area contributed by atoms with Gasteiger partial charge < -0.3 is 15.0 Å². The van der Waals surface area contributed by atoms with Gasteiger partial charge in [-0.3, -0.25) is 0 Å². The fourth-order valence-electron chi connectivity index (χ4n) is 3.16. The van der Waals surface area contributed by atoms with E-state index in [-0.39, 0.29) is 5.54 Å². The molecule has 0 unspecified atom stereocenters. The first-order valence-electron chi connectivity index (χ1n) is 7.78. The van der Waals surface area contributed by atoms with Gasteiger partial charge in [0.15, 0.2) is 0 Å². The zero-order valence-electron chi connectivity index (χ0n) is 13.3. The molecule has 0 saturated carbocycles. The van der Waals surface area contributed by atoms with Gasteiger partial charge in [0.2, 0.25) is 0 Å². The molecule has 1 heterocycles. The van der Waals surface area contributed by atoms with Crippen LogP contribution in [0.1, 0.15) is 38.7 Å². The van der Waals surface area contributed by atoms with E-state index in [0.717, 1.165) is 25.4 Å². The van der Waals surface area contributed by atoms with Crippen LogP contribution < -0.4 is 15.0 Å². The van der Waals surface area contributed by atoms with Crippen molar-refractivity contribution in [2.45, 2.75) is 45.6 Å². The van der Waals surface area contributed by atoms with Crippen molar-refractivity contribution in [2.75, 3.05) is 31.6 Å². The van der Waals surface area contributed by atoms with Crippen LogP contribution in [-0.4, -0.2) is 32.3 Å². The second kappa shape index (κ2) is 6.49. The van der Waals surface area contributed by atoms with Crippen LogP contribution in [0.25, 0.3) is 0 Å². The average Bonchev–Trinajstić information content (AvgIpc) is 2.70. The van der Waals surface area contributed by atoms with Crippen molar-refractivity contribution >= 4 is 5.69 Å². The highest BCUT2D eigenvalue weighted by molar-refractivity contribution is 5.56. The van der Waals surface area contributed by atoms with E-state index in [0.29, 0.717) is 0 Å². The van der Waals surface area contributed by atoms with Gasteiger partial charge in [-0.25, -0.2) is 0 Å². The normalized spacial score (nSPS) is 18.7. The Morgan fingerprint density at radius 1 is 1.30 bits per heavy atom. The Kier molecular flexibility index (Phi) is 4.92. The highest BCUT2D eigenvalue weighted by Crippen LogP contribution is 2.29. The Bertz CT molecular complexity index is 441. The molecule has 0 aromatic heterocycles. The predicted molar refractivity (Wildman–Crippen MR) is 85.9 cm³/mol. The summed E-state index contributed by atoms with van der Waals surface area (Å²) in [7, 11) is 1.73. The lowest BCUT2D eigenvalue weighted by Crippen LogP contribution is -2.50. The van der Waals surface area contributed by atoms with Gasteiger partial charge in [-0.05, 0) is 56.5 Å². The molecule has 1 aromatic rings. The zero-order valence-corrected chi connectivity index (χ0v) is 13.3. The second-order valence-electron chi connectivity index (χ2n) is 5.84. The number of aryl methyl sites for hydroxylation is 1. The molecule has 3 heteroatoms. The van der Waals surface area contributed by atoms with E-state index < -0.39 is 0 Å². The van der Waals surface area contributed by atoms with E-state index in [1.165, 1.54) is 30.5 Å². The number of hydrogen-bond donors (Lipinski definition) is 1. The fourth-order valence-corrected chi connectivity index (χ4v) is 3.16. The Labute approximate surface area is 123 Å². The standard InChI is InChI=1S/C17H28N2O/c1-5-17(6-2)13-19(11-7-10-18-17)16-9-8-15(20-4)12-14(16)3/h8-9,12,18H,5-7,10-11,13H2,1-4H3. The third-order valence-electron chi connectivity index (χ3n) is 4.70. The molecular formula is C17H28N2O. The fraction of sp³-hybridized carbons (Fsp3) is 0.647. The Hall–Kier alpha value is -1.22. The van der Waals surface area contributed by atoms with Gasteiger partial charge in [-0.1, -0.05) is 13.8 Å². The lowest BCUT2D eigenvalue weighted by atomic mass is 9.92. The minimum absolute atomic E-state index is 0.253. The van der Waals surface area contributed by atoms with Crippen LogP contribution in [0.5, 0.6) is 5.75 Å². The van der Waals surface area contributed by atoms with Gasteiger partial charge in [0, 0.05) is 24.3 Å². The van der Waals surface area contributed by atoms with Crippen LogP contribution in [0.3, 0.4) is 0 Å². The maximum atomic E-state index is 5.31. The first kappa shape index (κ1) is 15.2. The lowest BCUT2D eigenvalue weighted by molar-refractivity contribution is 0.321. The van der Waals surface area contributed by atoms with Gasteiger partial charge in [0.25, 0.3) is 0 Å². The van der Waals surface area contributed by atoms with Crippen molar-refractivity contribution in [1.82, 2.24) is 5.32 Å². The summed E-state index contributed by atoms with van der Waals surface area (Å²) in [6.07, 6.45) is 3.55. The number of anilines is 1. The van der Waals surface area contributed by atoms with Crippen molar-refractivity contribution in [3.8, 4) is 5.75 Å². The van der Waals surface area contributed by atoms with E-state index >= 15 is 0 Å². The molecule has 1 aromatic carbocycles. The van der Waals surface area contributed by atoms with Gasteiger partial charge >= 0.3 is 0 Å². The highest BCUT2D eigenvalue weighted by atomic mass is 16.5. The summed E-state index contributed by atoms with van der Waals surface area (Å²) in [6.45, 7) is 10.1. The summed E-state index contributed by atoms with van der Waals surface area (Å²) in [5.41, 5.74) is 2.90. The first-order chi connectivity index (χ1) is 9.64. The Balaban J connectivity index is 2.26. The largest absolute Gasteiger partial charge is 0.497 e. The van der Waals surface area contributed by atoms with Gasteiger partial charge in [0.1, 0.15) is 5.75 Å². The van der Waals surface area contributed by atoms with Crippen molar-refractivity contribution in [3.63, 3.8) is 0 Å². The van der Waals surface area contributed by atoms with Gasteiger partial charge in [-0.2, -0.15) is 0 Å². The number of nitrogens with one attached hydrogen (secondary N) is 1. The molecule has 0 atom stereocenters. The number of ether oxygens (including phenoxy) is 1. The minimum atomic E-state index is 0.253. The van der Waals surface area contributed by atoms with Crippen molar-refractivity contribution in [2.24, 2.45) is 0 Å². The number of hydrogen-bond acceptors (Lipinski definition) is 3. The molecule has 1 aliphatic rings. The summed E-state index contributed by atoms with van der Waals surface area (Å²) < 4.78 is 5.31. The van der Waals surface area contributed by atoms with Crippen molar-refractivity contribution in [1.29, 1.82) is 0 Å². The molecule has 1 saturated heterocycles. The molecule has 0 aliphatic carbocycles. The molecule has 2 rings (SSSR count). The smallest absolute Gasteiger partial charge is 0.119 e. The molecule has 1 fully saturated rings. The SMILES string of the molecule is CCC1(CC)CN(c2ccc(OC)cc2C)CCCN1. The molecule has 0 bridgehead atoms. The summed E-state index contributed by atoms with van der Waals surface area (Å²) in [4.78, 5) is 2.54. The minimum Gasteiger partial charge on any atom is -0.497 e. The van der Waals surface area contributed by atoms with E-state index in [2.05, 4.69) is 49.2 Å². The zero-order chi connectivity index (χ0) is 14.6. The maximum absolute atomic E-state index is 5.31. The molecule has 0 spiro atoms. The quantitative estimate of drug-likeness (QED) is 0.912. The molecule has 3 nitrogen and oxygen atoms in total. The topological polar surface area (TPSA) is 24.5 Å². The number of methoxy groups -OCH3 is 1. The van der Waals surface area contributed by atoms with E-state index in [1.54, 1.807) is 7.11 Å². The van der Waals surface area contributed by atoms with Gasteiger partial charge in [0.05, 0.1) is 7.11 Å². The maximum Gasteiger partial charge on any atom is 0.119 e. The third kappa shape index (κ3) is 3.09. The summed E-state index contributed by atoms with van der Waals surface area (Å²) in [5.74, 6) is 0.941. The summed E-state index contributed by atoms with van der Waals surface area (Å²) in [6, 6.07) is 6.41. The van der Waals surface area contributed by atoms with E-state index in [9.17, 15) is 0 Å². The number of rotatable bonds is 4. The summed E-state index contributed by atoms with van der Waals surface area (Å²) >= 11 is 0. The van der Waals surface area contributed by atoms with E-state index in [1.807, 2.05) is 0 Å². The van der Waals surface area contributed by atoms with Gasteiger partial charge in [-0.15, -0.1) is 0 Å². The highest BCUT2D eigenvalue weighted by Gasteiger charge is 2.30. The van der Waals surface area contributed by atoms with Crippen LogP contribution in [0.4, 0.5) is 5.69 Å². The van der Waals surface area contributed by atoms with E-state index in [4.69, 9.17) is 4.74 Å². The van der Waals surface area contributed by atoms with Crippen LogP contribution >= 0.6 is 0 Å². The van der Waals surface area contributed by atoms with Crippen LogP contribution in [0.2, 0.25) is 0 Å². The average molecular weight is 276 g/mol. The van der Waals surface area contributed by atoms with Crippen LogP contribution in [0.15, 0.2) is 18.2 Å². The van der Waals surface area contributed by atoms with Crippen molar-refractivity contribution < 1.29 is 4.74 Å². The monoisotopic (exact) mass is 276 g/mol. The lowest BCUT2D eigenvalue weighted by Gasteiger charge is -2.37. The molecule has 1 aliphatic heterocycles. The first-order valence-corrected chi connectivity index (χ1v) is 7.78. The molecular weight excluding hydrogens is 248 g/mol. The Morgan fingerprint density at radius 3 is 2.65 bits per heavy atom. The third-order valence-corrected chi connectivity index (χ3v) is 4.70. The summed E-state index contributed by atoms with van der Waals surface area (Å²) in [5, 5.41) is 3.77. The Morgan fingerprint density at radius 2 is 2.05 bits per heavy atom. The number of benzene rings is 1. The molecule has 20 heavy (non-hydrogen) atoms. The van der Waals surface area contributed by atoms with Crippen LogP contribution in [-0.2, 0) is 0 Å². The number of nitrogens with zero attached hydrogens (tertiary/aromatic N) is 1. The van der Waals surface area contributed by atoms with Crippen LogP contribution in [0, 0.1) is 6.92 Å². The molecule has 112 valence electrons.